The second-order valence-electron chi connectivity index (χ2n) is 21.4. The van der Waals surface area contributed by atoms with Crippen molar-refractivity contribution >= 4 is 126 Å². The van der Waals surface area contributed by atoms with Crippen molar-refractivity contribution in [1.29, 1.82) is 0 Å². The smallest absolute Gasteiger partial charge is 0.571 e. The Labute approximate surface area is 597 Å². The van der Waals surface area contributed by atoms with Crippen LogP contribution in [0.15, 0.2) is 157 Å². The summed E-state index contributed by atoms with van der Waals surface area (Å²) in [6.07, 6.45) is -0.0285. The molecule has 551 valence electrons. The topological polar surface area (TPSA) is 612 Å². The van der Waals surface area contributed by atoms with E-state index in [1.54, 1.807) is 37.5 Å². The van der Waals surface area contributed by atoms with Crippen molar-refractivity contribution in [2.45, 2.75) is 62.5 Å². The van der Waals surface area contributed by atoms with E-state index in [1.165, 1.54) is 38.1 Å². The van der Waals surface area contributed by atoms with Crippen LogP contribution in [-0.2, 0) is 94.0 Å². The summed E-state index contributed by atoms with van der Waals surface area (Å²) in [6.45, 7) is 3.34. The molecule has 0 spiro atoms. The molecule has 0 unspecified atom stereocenters. The Morgan fingerprint density at radius 2 is 1.16 bits per heavy atom. The number of hydrogen-bond acceptors (Lipinski definition) is 31. The monoisotopic (exact) mass is 1580 g/mol. The van der Waals surface area contributed by atoms with E-state index in [0.29, 0.717) is 26.8 Å². The molecule has 5 aromatic carbocycles. The molecule has 0 bridgehead atoms. The van der Waals surface area contributed by atoms with Gasteiger partial charge in [-0.3, -0.25) is 42.0 Å². The van der Waals surface area contributed by atoms with Crippen molar-refractivity contribution in [3.8, 4) is 17.5 Å². The number of pyridine rings is 2. The van der Waals surface area contributed by atoms with Gasteiger partial charge in [0, 0.05) is 29.8 Å². The van der Waals surface area contributed by atoms with Crippen molar-refractivity contribution in [2.24, 2.45) is 47.3 Å². The summed E-state index contributed by atoms with van der Waals surface area (Å²) in [5.41, 5.74) is 7.74. The molecule has 3 heterocycles. The molecular formula is C57H52CuFN17O23S5. The van der Waals surface area contributed by atoms with Crippen LogP contribution in [0.25, 0.3) is 5.43 Å². The molecule has 11 N–H and O–H groups in total. The fourth-order valence-electron chi connectivity index (χ4n) is 9.17. The molecule has 40 nitrogen and oxygen atoms in total. The minimum Gasteiger partial charge on any atom is -0.571 e. The third kappa shape index (κ3) is 19.3. The molecule has 0 aliphatic carbocycles. The number of aryl methyl sites for hydroxylation is 3. The summed E-state index contributed by atoms with van der Waals surface area (Å²) in [5.74, 6) is -11.6. The summed E-state index contributed by atoms with van der Waals surface area (Å²) in [6, 6.07) is 19.4. The van der Waals surface area contributed by atoms with E-state index in [4.69, 9.17) is 20.6 Å². The number of carbonyl (C=O) groups excluding carboxylic acids is 3. The maximum atomic E-state index is 16.3. The van der Waals surface area contributed by atoms with Crippen LogP contribution in [0.4, 0.5) is 56.1 Å². The van der Waals surface area contributed by atoms with Crippen molar-refractivity contribution in [3.05, 3.63) is 179 Å². The van der Waals surface area contributed by atoms with E-state index in [-0.39, 0.29) is 62.2 Å². The van der Waals surface area contributed by atoms with Crippen molar-refractivity contribution in [1.82, 2.24) is 24.1 Å². The fourth-order valence-corrected chi connectivity index (χ4v) is 13.2. The molecule has 0 aliphatic heterocycles. The zero-order valence-electron chi connectivity index (χ0n) is 53.5. The third-order valence-electron chi connectivity index (χ3n) is 14.3. The zero-order valence-corrected chi connectivity index (χ0v) is 58.6. The van der Waals surface area contributed by atoms with E-state index >= 15 is 4.39 Å². The summed E-state index contributed by atoms with van der Waals surface area (Å²) < 4.78 is 175. The maximum absolute atomic E-state index is 16.3. The van der Waals surface area contributed by atoms with Crippen LogP contribution < -0.4 is 32.8 Å². The Hall–Kier alpha value is -11.1. The number of amides is 2. The van der Waals surface area contributed by atoms with Crippen LogP contribution in [0.5, 0.6) is 17.5 Å². The molecule has 47 heteroatoms. The molecule has 0 saturated heterocycles. The first-order valence-corrected chi connectivity index (χ1v) is 35.8. The van der Waals surface area contributed by atoms with Crippen LogP contribution in [0, 0.1) is 40.7 Å². The standard InChI is InChI=1S/C57H53FN17O23S5.Cu/c1-28-11-12-34(24-76)40(19-28)67-71-50(33-9-7-6-8-10-33)72-68-42-23-37(101(88,89)90)22-41(47(42)77)61-56-62-55(58)63-57(64-56)73(25-75-52(81)44(49(60)79)32(5)46(54(75)83)70-66-39-16-14-36(21-30(39)3)100(86,87)27-98-103(94,95)96)17-18-74-51(80)43(48(59)78)31(4)45(53(74)82)69-65-38-15-13-35(20-29(38)2)99(84,85)26-97-102(91,92)93;/h6-16,19-23H,17-18,25-27H2,1-5H3,(H12,59,60,61,62,63,64,65,66,67,68,69,70,71,72,76,77,78,79,80,81,82,83,88,89,90,91,92,93,94,95,96);/q-1;+2/p-1. The predicted octanol–water partition coefficient (Wildman–Crippen LogP) is 5.88. The number of phenolic OH excluding ortho intramolecular Hbond substituents is 1. The maximum Gasteiger partial charge on any atom is 2.00 e. The first-order valence-electron chi connectivity index (χ1n) is 28.4. The number of nitrogens with one attached hydrogen (secondary N) is 1. The third-order valence-corrected chi connectivity index (χ3v) is 19.0. The molecule has 8 aromatic rings. The van der Waals surface area contributed by atoms with Crippen molar-refractivity contribution < 1.29 is 115 Å². The van der Waals surface area contributed by atoms with E-state index < -0.39 is 200 Å². The van der Waals surface area contributed by atoms with Gasteiger partial charge in [-0.15, -0.1) is 27.0 Å². The van der Waals surface area contributed by atoms with Gasteiger partial charge in [-0.05, 0) is 93.9 Å². The van der Waals surface area contributed by atoms with Gasteiger partial charge in [-0.2, -0.15) is 60.9 Å². The van der Waals surface area contributed by atoms with Gasteiger partial charge in [-0.1, -0.05) is 53.7 Å². The Bertz CT molecular complexity index is 5680. The number of rotatable bonds is 28. The van der Waals surface area contributed by atoms with Crippen LogP contribution in [0.3, 0.4) is 0 Å². The number of azo groups is 3. The Morgan fingerprint density at radius 3 is 1.65 bits per heavy atom. The molecule has 0 fully saturated rings. The first kappa shape index (κ1) is 80.2. The minimum atomic E-state index is -5.28. The minimum absolute atomic E-state index is 0. The number of nitrogens with zero attached hydrogens (tertiary/aromatic N) is 14. The average Bonchev–Trinajstić information content (AvgIpc) is 0.774. The number of aromatic nitrogens is 5. The van der Waals surface area contributed by atoms with Gasteiger partial charge >= 0.3 is 43.9 Å². The van der Waals surface area contributed by atoms with E-state index in [0.717, 1.165) is 55.1 Å². The van der Waals surface area contributed by atoms with Gasteiger partial charge < -0.3 is 52.3 Å². The average molecular weight is 1590 g/mol. The van der Waals surface area contributed by atoms with Gasteiger partial charge in [0.15, 0.2) is 29.1 Å². The van der Waals surface area contributed by atoms with E-state index in [1.807, 2.05) is 0 Å². The number of aromatic hydroxyl groups is 3. The molecule has 0 aliphatic rings. The fraction of sp³-hybridized carbons (Fsp3) is 0.175. The number of carbonyl (C=O) groups is 2. The molecule has 0 atom stereocenters. The second-order valence-corrected chi connectivity index (χ2v) is 28.9. The molecule has 2 amide bonds. The molecule has 1 radical (unpaired) electrons. The van der Waals surface area contributed by atoms with Crippen molar-refractivity contribution in [3.63, 3.8) is 0 Å². The summed E-state index contributed by atoms with van der Waals surface area (Å²) in [5, 5.41) is 65.8. The number of halogens is 1. The Morgan fingerprint density at radius 1 is 0.644 bits per heavy atom. The first-order chi connectivity index (χ1) is 48.1. The number of nitrogens with two attached hydrogens (primary N) is 2. The summed E-state index contributed by atoms with van der Waals surface area (Å²) in [7, 11) is -24.8. The molecule has 8 rings (SSSR count). The van der Waals surface area contributed by atoms with Crippen LogP contribution >= 0.6 is 0 Å². The number of primary amides is 2. The number of anilines is 3. The van der Waals surface area contributed by atoms with E-state index in [2.05, 4.69) is 69.8 Å². The quantitative estimate of drug-likeness (QED) is 0.00404. The Kier molecular flexibility index (Phi) is 24.7. The predicted molar refractivity (Wildman–Crippen MR) is 356 cm³/mol. The number of amidine groups is 1. The largest absolute Gasteiger partial charge is 2.00 e. The Balaban J connectivity index is 0.0000151. The summed E-state index contributed by atoms with van der Waals surface area (Å²) >= 11 is 0. The van der Waals surface area contributed by atoms with Crippen LogP contribution in [0.1, 0.15) is 59.7 Å². The number of sulfone groups is 2. The van der Waals surface area contributed by atoms with Crippen LogP contribution in [-0.4, -0.2) is 138 Å². The normalized spacial score (nSPS) is 12.4. The van der Waals surface area contributed by atoms with Crippen LogP contribution in [0.2, 0.25) is 0 Å². The van der Waals surface area contributed by atoms with Gasteiger partial charge in [0.2, 0.25) is 43.3 Å². The number of benzene rings is 5. The van der Waals surface area contributed by atoms with Crippen molar-refractivity contribution in [2.75, 3.05) is 28.6 Å². The number of hydrogen-bond donors (Lipinski definition) is 9. The molecular weight excluding hydrogens is 1530 g/mol. The molecule has 104 heavy (non-hydrogen) atoms. The van der Waals surface area contributed by atoms with Gasteiger partial charge in [-0.25, -0.2) is 30.3 Å². The second kappa shape index (κ2) is 32.1. The molecule has 3 aromatic heterocycles. The SMILES string of the molecule is Cc1ccc([C-]=O)c(N=N/C(=N\[N-]c2cc(S(=O)(=O)O)cc(Nc3nc(F)nc(N(CCn4c(O)c(C(N)=O)c(C)c(N=Nc5ccc(S(=O)(=O)COS(=O)(=O)O)cc5C)c4=O)Cn4c(O)c(C(N)=O)c(C)c(N=Nc5ccc(S(=O)(=O)COS(=O)(=O)O)cc5C)c4=O)n3)c2O)c2ccccc2)c1.[Cu+2]. The van der Waals surface area contributed by atoms with E-state index in [9.17, 15) is 85.9 Å². The van der Waals surface area contributed by atoms with Gasteiger partial charge in [0.05, 0.1) is 38.0 Å². The van der Waals surface area contributed by atoms with Gasteiger partial charge in [0.25, 0.3) is 33.1 Å². The van der Waals surface area contributed by atoms with Gasteiger partial charge in [0.1, 0.15) is 23.5 Å². The number of phenols is 1. The summed E-state index contributed by atoms with van der Waals surface area (Å²) in [4.78, 5) is 77.5. The molecule has 0 saturated carbocycles. The zero-order chi connectivity index (χ0) is 76.0.